The topological polar surface area (TPSA) is 84.0 Å². The fraction of sp³-hybridized carbons (Fsp3) is 0.407. The Hall–Kier alpha value is -3.19. The van der Waals surface area contributed by atoms with Gasteiger partial charge < -0.3 is 9.64 Å². The highest BCUT2D eigenvalue weighted by molar-refractivity contribution is 6.31. The molecule has 2 heterocycles. The third kappa shape index (κ3) is 4.22. The standard InChI is InChI=1S/C27H27ClN2O5/c1-15-7-8-18(13-22(15)28)29-14-17(12-24(29)31)27(34)35-19-9-10-23(16(2)11-19)30-25(32)20-5-3-4-6-21(20)26(30)33/h7-11,13,17,20-21H,3-6,12,14H2,1-2H3/t17-,20-,21+/m1/s1. The molecule has 7 nitrogen and oxygen atoms in total. The molecule has 182 valence electrons. The van der Waals surface area contributed by atoms with Gasteiger partial charge in [-0.1, -0.05) is 30.5 Å². The molecule has 3 atom stereocenters. The lowest BCUT2D eigenvalue weighted by molar-refractivity contribution is -0.139. The van der Waals surface area contributed by atoms with Gasteiger partial charge in [-0.05, 0) is 68.1 Å². The van der Waals surface area contributed by atoms with Crippen LogP contribution in [0.4, 0.5) is 11.4 Å². The van der Waals surface area contributed by atoms with Crippen LogP contribution in [0.25, 0.3) is 0 Å². The molecule has 1 aliphatic carbocycles. The first kappa shape index (κ1) is 23.5. The highest BCUT2D eigenvalue weighted by atomic mass is 35.5. The Bertz CT molecular complexity index is 1220. The van der Waals surface area contributed by atoms with Crippen LogP contribution in [-0.4, -0.2) is 30.2 Å². The van der Waals surface area contributed by atoms with E-state index in [0.717, 1.165) is 31.2 Å². The van der Waals surface area contributed by atoms with Crippen molar-refractivity contribution in [2.24, 2.45) is 17.8 Å². The summed E-state index contributed by atoms with van der Waals surface area (Å²) in [5, 5.41) is 0.561. The Labute approximate surface area is 209 Å². The smallest absolute Gasteiger partial charge is 0.316 e. The summed E-state index contributed by atoms with van der Waals surface area (Å²) in [6, 6.07) is 10.3. The lowest BCUT2D eigenvalue weighted by Crippen LogP contribution is -2.31. The fourth-order valence-corrected chi connectivity index (χ4v) is 5.58. The minimum absolute atomic E-state index is 0.0565. The van der Waals surface area contributed by atoms with Crippen molar-refractivity contribution in [2.75, 3.05) is 16.3 Å². The first-order chi connectivity index (χ1) is 16.7. The van der Waals surface area contributed by atoms with E-state index < -0.39 is 11.9 Å². The van der Waals surface area contributed by atoms with Gasteiger partial charge in [-0.25, -0.2) is 4.90 Å². The molecule has 2 saturated heterocycles. The van der Waals surface area contributed by atoms with Crippen LogP contribution in [0, 0.1) is 31.6 Å². The van der Waals surface area contributed by atoms with Gasteiger partial charge in [0.05, 0.1) is 23.4 Å². The molecule has 5 rings (SSSR count). The zero-order valence-electron chi connectivity index (χ0n) is 19.8. The molecule has 2 aliphatic heterocycles. The average molecular weight is 495 g/mol. The summed E-state index contributed by atoms with van der Waals surface area (Å²) in [6.07, 6.45) is 3.51. The van der Waals surface area contributed by atoms with Gasteiger partial charge in [0.15, 0.2) is 0 Å². The maximum Gasteiger partial charge on any atom is 0.316 e. The Kier molecular flexibility index (Phi) is 6.13. The summed E-state index contributed by atoms with van der Waals surface area (Å²) in [5.41, 5.74) is 2.77. The summed E-state index contributed by atoms with van der Waals surface area (Å²) < 4.78 is 5.59. The van der Waals surface area contributed by atoms with E-state index in [9.17, 15) is 19.2 Å². The van der Waals surface area contributed by atoms with Gasteiger partial charge in [-0.3, -0.25) is 19.2 Å². The van der Waals surface area contributed by atoms with Gasteiger partial charge in [-0.2, -0.15) is 0 Å². The molecule has 0 radical (unpaired) electrons. The third-order valence-corrected chi connectivity index (χ3v) is 7.80. The lowest BCUT2D eigenvalue weighted by Gasteiger charge is -2.19. The van der Waals surface area contributed by atoms with Crippen LogP contribution < -0.4 is 14.5 Å². The first-order valence-corrected chi connectivity index (χ1v) is 12.4. The van der Waals surface area contributed by atoms with E-state index in [1.54, 1.807) is 36.1 Å². The van der Waals surface area contributed by atoms with Gasteiger partial charge in [0.1, 0.15) is 5.75 Å². The van der Waals surface area contributed by atoms with E-state index in [1.807, 2.05) is 19.1 Å². The van der Waals surface area contributed by atoms with E-state index in [-0.39, 0.29) is 42.5 Å². The van der Waals surface area contributed by atoms with Crippen LogP contribution in [0.1, 0.15) is 43.2 Å². The summed E-state index contributed by atoms with van der Waals surface area (Å²) in [7, 11) is 0. The third-order valence-electron chi connectivity index (χ3n) is 7.39. The summed E-state index contributed by atoms with van der Waals surface area (Å²) in [4.78, 5) is 54.1. The van der Waals surface area contributed by atoms with Gasteiger partial charge in [0.25, 0.3) is 0 Å². The number of nitrogens with zero attached hydrogens (tertiary/aromatic N) is 2. The molecule has 0 bridgehead atoms. The van der Waals surface area contributed by atoms with E-state index >= 15 is 0 Å². The molecule has 0 aromatic heterocycles. The van der Waals surface area contributed by atoms with Crippen molar-refractivity contribution >= 4 is 46.7 Å². The lowest BCUT2D eigenvalue weighted by atomic mass is 9.81. The number of fused-ring (bicyclic) bond motifs is 1. The normalized spacial score (nSPS) is 24.2. The Morgan fingerprint density at radius 3 is 2.26 bits per heavy atom. The zero-order valence-corrected chi connectivity index (χ0v) is 20.5. The minimum Gasteiger partial charge on any atom is -0.426 e. The first-order valence-electron chi connectivity index (χ1n) is 12.0. The van der Waals surface area contributed by atoms with Crippen LogP contribution in [0.15, 0.2) is 36.4 Å². The number of imide groups is 1. The predicted octanol–water partition coefficient (Wildman–Crippen LogP) is 4.59. The Morgan fingerprint density at radius 2 is 1.63 bits per heavy atom. The number of carbonyl (C=O) groups is 4. The predicted molar refractivity (Wildman–Crippen MR) is 131 cm³/mol. The highest BCUT2D eigenvalue weighted by Gasteiger charge is 2.49. The largest absolute Gasteiger partial charge is 0.426 e. The van der Waals surface area contributed by atoms with Crippen LogP contribution in [0.5, 0.6) is 5.75 Å². The van der Waals surface area contributed by atoms with E-state index in [1.165, 1.54) is 4.90 Å². The number of aryl methyl sites for hydroxylation is 2. The maximum atomic E-state index is 12.9. The van der Waals surface area contributed by atoms with E-state index in [2.05, 4.69) is 0 Å². The highest BCUT2D eigenvalue weighted by Crippen LogP contribution is 2.41. The molecule has 35 heavy (non-hydrogen) atoms. The molecule has 0 spiro atoms. The molecule has 3 fully saturated rings. The quantitative estimate of drug-likeness (QED) is 0.352. The summed E-state index contributed by atoms with van der Waals surface area (Å²) in [5.74, 6) is -1.65. The van der Waals surface area contributed by atoms with Gasteiger partial charge in [0.2, 0.25) is 17.7 Å². The monoisotopic (exact) mass is 494 g/mol. The molecule has 2 aromatic rings. The molecule has 0 unspecified atom stereocenters. The Balaban J connectivity index is 1.28. The van der Waals surface area contributed by atoms with E-state index in [4.69, 9.17) is 16.3 Å². The Morgan fingerprint density at radius 1 is 0.943 bits per heavy atom. The number of halogens is 1. The second-order valence-electron chi connectivity index (χ2n) is 9.72. The number of benzene rings is 2. The number of carbonyl (C=O) groups excluding carboxylic acids is 4. The van der Waals surface area contributed by atoms with Crippen molar-refractivity contribution in [2.45, 2.75) is 46.0 Å². The van der Waals surface area contributed by atoms with Crippen LogP contribution in [-0.2, 0) is 19.2 Å². The minimum atomic E-state index is -0.604. The second kappa shape index (κ2) is 9.11. The van der Waals surface area contributed by atoms with Crippen molar-refractivity contribution in [1.29, 1.82) is 0 Å². The molecule has 2 aromatic carbocycles. The van der Waals surface area contributed by atoms with E-state index in [0.29, 0.717) is 27.7 Å². The summed E-state index contributed by atoms with van der Waals surface area (Å²) >= 11 is 6.20. The zero-order chi connectivity index (χ0) is 24.9. The van der Waals surface area contributed by atoms with Gasteiger partial charge >= 0.3 is 5.97 Å². The van der Waals surface area contributed by atoms with Crippen LogP contribution >= 0.6 is 11.6 Å². The fourth-order valence-electron chi connectivity index (χ4n) is 5.41. The van der Waals surface area contributed by atoms with Gasteiger partial charge in [-0.15, -0.1) is 0 Å². The molecule has 8 heteroatoms. The number of ether oxygens (including phenoxy) is 1. The van der Waals surface area contributed by atoms with Crippen molar-refractivity contribution in [3.63, 3.8) is 0 Å². The molecule has 0 N–H and O–H groups in total. The SMILES string of the molecule is Cc1ccc(N2C[C@H](C(=O)Oc3ccc(N4C(=O)[C@H]5CCCC[C@H]5C4=O)c(C)c3)CC2=O)cc1Cl. The van der Waals surface area contributed by atoms with Gasteiger partial charge in [0, 0.05) is 23.7 Å². The number of rotatable bonds is 4. The summed E-state index contributed by atoms with van der Waals surface area (Å²) in [6.45, 7) is 3.89. The van der Waals surface area contributed by atoms with Crippen molar-refractivity contribution in [1.82, 2.24) is 0 Å². The molecular weight excluding hydrogens is 468 g/mol. The van der Waals surface area contributed by atoms with Crippen LogP contribution in [0.2, 0.25) is 5.02 Å². The maximum absolute atomic E-state index is 12.9. The van der Waals surface area contributed by atoms with Crippen molar-refractivity contribution in [3.8, 4) is 5.75 Å². The molecular formula is C27H27ClN2O5. The number of hydrogen-bond acceptors (Lipinski definition) is 5. The number of hydrogen-bond donors (Lipinski definition) is 0. The average Bonchev–Trinajstić information content (AvgIpc) is 3.34. The molecule has 1 saturated carbocycles. The van der Waals surface area contributed by atoms with Crippen molar-refractivity contribution < 1.29 is 23.9 Å². The van der Waals surface area contributed by atoms with Crippen LogP contribution in [0.3, 0.4) is 0 Å². The second-order valence-corrected chi connectivity index (χ2v) is 10.1. The number of anilines is 2. The van der Waals surface area contributed by atoms with Crippen molar-refractivity contribution in [3.05, 3.63) is 52.5 Å². The molecule has 3 amide bonds. The number of amides is 3. The molecule has 3 aliphatic rings. The number of esters is 1.